The molecule has 2 unspecified atom stereocenters. The molecule has 2 aliphatic rings. The molecular formula is C16H19NO3S. The number of ether oxygens (including phenoxy) is 1. The highest BCUT2D eigenvalue weighted by molar-refractivity contribution is 7.12. The van der Waals surface area contributed by atoms with Gasteiger partial charge in [-0.25, -0.2) is 0 Å². The van der Waals surface area contributed by atoms with E-state index in [1.54, 1.807) is 0 Å². The number of nitrogens with zero attached hydrogens (tertiary/aromatic N) is 1. The van der Waals surface area contributed by atoms with Crippen molar-refractivity contribution < 1.29 is 14.6 Å². The summed E-state index contributed by atoms with van der Waals surface area (Å²) in [5, 5.41) is 10.7. The number of carbonyl (C=O) groups is 1. The van der Waals surface area contributed by atoms with Crippen LogP contribution in [0.3, 0.4) is 0 Å². The Morgan fingerprint density at radius 2 is 2.33 bits per heavy atom. The molecule has 1 saturated carbocycles. The Labute approximate surface area is 128 Å². The molecule has 1 aliphatic carbocycles. The van der Waals surface area contributed by atoms with Crippen molar-refractivity contribution in [2.24, 2.45) is 0 Å². The van der Waals surface area contributed by atoms with Crippen molar-refractivity contribution >= 4 is 17.2 Å². The van der Waals surface area contributed by atoms with Crippen LogP contribution in [0, 0.1) is 11.8 Å². The molecule has 5 heteroatoms. The van der Waals surface area contributed by atoms with Crippen LogP contribution in [0.2, 0.25) is 0 Å². The summed E-state index contributed by atoms with van der Waals surface area (Å²) >= 11 is 1.42. The van der Waals surface area contributed by atoms with Crippen molar-refractivity contribution in [1.29, 1.82) is 0 Å². The van der Waals surface area contributed by atoms with Crippen LogP contribution in [0.15, 0.2) is 11.4 Å². The topological polar surface area (TPSA) is 49.8 Å². The van der Waals surface area contributed by atoms with Crippen molar-refractivity contribution in [2.45, 2.75) is 37.8 Å². The van der Waals surface area contributed by atoms with Gasteiger partial charge in [-0.2, -0.15) is 0 Å². The Hall–Kier alpha value is -1.35. The first-order chi connectivity index (χ1) is 10.3. The summed E-state index contributed by atoms with van der Waals surface area (Å²) in [6.45, 7) is 1.09. The Morgan fingerprint density at radius 1 is 1.48 bits per heavy atom. The third-order valence-corrected chi connectivity index (χ3v) is 5.06. The second-order valence-electron chi connectivity index (χ2n) is 5.38. The van der Waals surface area contributed by atoms with E-state index in [-0.39, 0.29) is 24.7 Å². The normalized spacial score (nSPS) is 24.9. The Morgan fingerprint density at radius 3 is 3.19 bits per heavy atom. The number of thiophene rings is 1. The maximum Gasteiger partial charge on any atom is 0.265 e. The molecule has 2 heterocycles. The van der Waals surface area contributed by atoms with E-state index in [4.69, 9.17) is 9.84 Å². The van der Waals surface area contributed by atoms with E-state index in [1.807, 2.05) is 16.3 Å². The summed E-state index contributed by atoms with van der Waals surface area (Å²) in [5.41, 5.74) is 0.720. The number of aliphatic hydroxyl groups is 1. The number of hydrogen-bond acceptors (Lipinski definition) is 4. The van der Waals surface area contributed by atoms with Crippen molar-refractivity contribution in [3.05, 3.63) is 21.9 Å². The molecule has 1 N–H and O–H groups in total. The SMILES string of the molecule is O=C(c1sccc1C#CCO)N1CCOC2CCCCC21. The van der Waals surface area contributed by atoms with Crippen LogP contribution in [0.4, 0.5) is 0 Å². The van der Waals surface area contributed by atoms with E-state index in [2.05, 4.69) is 11.8 Å². The van der Waals surface area contributed by atoms with Gasteiger partial charge in [-0.3, -0.25) is 4.79 Å². The quantitative estimate of drug-likeness (QED) is 0.806. The molecule has 1 aromatic heterocycles. The second-order valence-corrected chi connectivity index (χ2v) is 6.30. The predicted octanol–water partition coefficient (Wildman–Crippen LogP) is 1.88. The first-order valence-corrected chi connectivity index (χ1v) is 8.29. The van der Waals surface area contributed by atoms with Crippen LogP contribution in [0.1, 0.15) is 40.9 Å². The van der Waals surface area contributed by atoms with Crippen LogP contribution >= 0.6 is 11.3 Å². The smallest absolute Gasteiger partial charge is 0.265 e. The molecule has 21 heavy (non-hydrogen) atoms. The second kappa shape index (κ2) is 6.61. The fraction of sp³-hybridized carbons (Fsp3) is 0.562. The fourth-order valence-electron chi connectivity index (χ4n) is 3.19. The van der Waals surface area contributed by atoms with E-state index in [1.165, 1.54) is 17.8 Å². The van der Waals surface area contributed by atoms with Gasteiger partial charge in [-0.15, -0.1) is 11.3 Å². The van der Waals surface area contributed by atoms with Gasteiger partial charge in [0.2, 0.25) is 0 Å². The zero-order valence-corrected chi connectivity index (χ0v) is 12.7. The first-order valence-electron chi connectivity index (χ1n) is 7.41. The van der Waals surface area contributed by atoms with Crippen molar-refractivity contribution in [3.8, 4) is 11.8 Å². The zero-order chi connectivity index (χ0) is 14.7. The van der Waals surface area contributed by atoms with Crippen molar-refractivity contribution in [3.63, 3.8) is 0 Å². The molecule has 112 valence electrons. The molecule has 1 saturated heterocycles. The minimum atomic E-state index is -0.189. The standard InChI is InChI=1S/C16H19NO3S/c18-9-3-4-12-7-11-21-15(12)16(19)17-8-10-20-14-6-2-1-5-13(14)17/h7,11,13-14,18H,1-2,5-6,8-10H2. The summed E-state index contributed by atoms with van der Waals surface area (Å²) in [4.78, 5) is 15.5. The molecule has 0 bridgehead atoms. The first kappa shape index (κ1) is 14.6. The van der Waals surface area contributed by atoms with Gasteiger partial charge in [0, 0.05) is 12.1 Å². The van der Waals surface area contributed by atoms with Crippen molar-refractivity contribution in [1.82, 2.24) is 4.90 Å². The van der Waals surface area contributed by atoms with Gasteiger partial charge >= 0.3 is 0 Å². The van der Waals surface area contributed by atoms with E-state index < -0.39 is 0 Å². The van der Waals surface area contributed by atoms with E-state index in [0.717, 1.165) is 24.8 Å². The third kappa shape index (κ3) is 2.98. The van der Waals surface area contributed by atoms with Crippen LogP contribution in [0.5, 0.6) is 0 Å². The average Bonchev–Trinajstić information content (AvgIpc) is 3.00. The zero-order valence-electron chi connectivity index (χ0n) is 11.9. The largest absolute Gasteiger partial charge is 0.384 e. The number of carbonyl (C=O) groups excluding carboxylic acids is 1. The third-order valence-electron chi connectivity index (χ3n) is 4.15. The van der Waals surface area contributed by atoms with Crippen LogP contribution in [-0.4, -0.2) is 47.8 Å². The maximum absolute atomic E-state index is 12.9. The van der Waals surface area contributed by atoms with Gasteiger partial charge in [0.15, 0.2) is 0 Å². The van der Waals surface area contributed by atoms with E-state index in [9.17, 15) is 4.79 Å². The van der Waals surface area contributed by atoms with Gasteiger partial charge < -0.3 is 14.7 Å². The van der Waals surface area contributed by atoms with Crippen LogP contribution < -0.4 is 0 Å². The van der Waals surface area contributed by atoms with Crippen LogP contribution in [-0.2, 0) is 4.74 Å². The van der Waals surface area contributed by atoms with Gasteiger partial charge in [0.05, 0.1) is 18.8 Å². The molecule has 0 radical (unpaired) electrons. The molecule has 1 amide bonds. The number of fused-ring (bicyclic) bond motifs is 1. The summed E-state index contributed by atoms with van der Waals surface area (Å²) in [5.74, 6) is 5.55. The molecule has 0 spiro atoms. The monoisotopic (exact) mass is 305 g/mol. The minimum absolute atomic E-state index is 0.0624. The summed E-state index contributed by atoms with van der Waals surface area (Å²) in [7, 11) is 0. The van der Waals surface area contributed by atoms with Crippen LogP contribution in [0.25, 0.3) is 0 Å². The van der Waals surface area contributed by atoms with Gasteiger partial charge in [-0.05, 0) is 24.3 Å². The van der Waals surface area contributed by atoms with Crippen molar-refractivity contribution in [2.75, 3.05) is 19.8 Å². The summed E-state index contributed by atoms with van der Waals surface area (Å²) < 4.78 is 5.82. The highest BCUT2D eigenvalue weighted by atomic mass is 32.1. The highest BCUT2D eigenvalue weighted by Gasteiger charge is 2.37. The highest BCUT2D eigenvalue weighted by Crippen LogP contribution is 2.30. The van der Waals surface area contributed by atoms with Gasteiger partial charge in [-0.1, -0.05) is 24.7 Å². The van der Waals surface area contributed by atoms with E-state index >= 15 is 0 Å². The van der Waals surface area contributed by atoms with Gasteiger partial charge in [0.1, 0.15) is 11.5 Å². The molecule has 3 rings (SSSR count). The number of amides is 1. The molecule has 0 aromatic carbocycles. The lowest BCUT2D eigenvalue weighted by molar-refractivity contribution is -0.0751. The number of morpholine rings is 1. The van der Waals surface area contributed by atoms with Gasteiger partial charge in [0.25, 0.3) is 5.91 Å². The maximum atomic E-state index is 12.9. The lowest BCUT2D eigenvalue weighted by Crippen LogP contribution is -2.54. The molecule has 4 nitrogen and oxygen atoms in total. The number of aliphatic hydroxyl groups excluding tert-OH is 1. The van der Waals surface area contributed by atoms with E-state index in [0.29, 0.717) is 18.0 Å². The average molecular weight is 305 g/mol. The fourth-order valence-corrected chi connectivity index (χ4v) is 3.99. The predicted molar refractivity (Wildman–Crippen MR) is 81.3 cm³/mol. The Kier molecular flexibility index (Phi) is 4.59. The summed E-state index contributed by atoms with van der Waals surface area (Å²) in [6.07, 6.45) is 4.63. The lowest BCUT2D eigenvalue weighted by atomic mass is 9.90. The number of rotatable bonds is 1. The Bertz CT molecular complexity index is 570. The molecule has 1 aliphatic heterocycles. The lowest BCUT2D eigenvalue weighted by Gasteiger charge is -2.43. The molecule has 1 aromatic rings. The molecule has 2 fully saturated rings. The molecule has 2 atom stereocenters. The minimum Gasteiger partial charge on any atom is -0.384 e. The Balaban J connectivity index is 1.82. The summed E-state index contributed by atoms with van der Waals surface area (Å²) in [6, 6.07) is 2.06. The number of hydrogen-bond donors (Lipinski definition) is 1. The molecular weight excluding hydrogens is 286 g/mol.